The number of carbonyl (C=O) groups is 2. The molecule has 160 valence electrons. The van der Waals surface area contributed by atoms with Crippen LogP contribution in [0.4, 0.5) is 0 Å². The van der Waals surface area contributed by atoms with Crippen LogP contribution in [0.3, 0.4) is 0 Å². The smallest absolute Gasteiger partial charge is 0.264 e. The number of nitriles is 1. The standard InChI is InChI=1S/C23H23N3O5/c24-16-19(23(28)26-9-13-30-14-10-26)15-20-5-6-21(31-20)17-1-3-18(4-2-17)22(27)25-7-11-29-12-8-25/h1-6,15H,7-14H2/b19-15-. The van der Waals surface area contributed by atoms with Crippen LogP contribution in [0.1, 0.15) is 16.1 Å². The van der Waals surface area contributed by atoms with Crippen LogP contribution in [0, 0.1) is 11.3 Å². The molecule has 0 spiro atoms. The lowest BCUT2D eigenvalue weighted by molar-refractivity contribution is -0.130. The number of carbonyl (C=O) groups excluding carboxylic acids is 2. The summed E-state index contributed by atoms with van der Waals surface area (Å²) in [5, 5.41) is 9.42. The summed E-state index contributed by atoms with van der Waals surface area (Å²) >= 11 is 0. The summed E-state index contributed by atoms with van der Waals surface area (Å²) in [5.41, 5.74) is 1.44. The molecule has 0 unspecified atom stereocenters. The minimum absolute atomic E-state index is 0.0156. The fraction of sp³-hybridized carbons (Fsp3) is 0.348. The third-order valence-corrected chi connectivity index (χ3v) is 5.28. The highest BCUT2D eigenvalue weighted by molar-refractivity contribution is 6.01. The molecule has 2 aliphatic rings. The van der Waals surface area contributed by atoms with Crippen LogP contribution in [0.25, 0.3) is 17.4 Å². The minimum atomic E-state index is -0.324. The maximum atomic E-state index is 12.6. The molecule has 1 aromatic heterocycles. The van der Waals surface area contributed by atoms with Crippen LogP contribution in [0.15, 0.2) is 46.4 Å². The van der Waals surface area contributed by atoms with Gasteiger partial charge in [0.25, 0.3) is 11.8 Å². The number of hydrogen-bond acceptors (Lipinski definition) is 6. The van der Waals surface area contributed by atoms with E-state index in [0.717, 1.165) is 5.56 Å². The van der Waals surface area contributed by atoms with Gasteiger partial charge in [0, 0.05) is 43.4 Å². The molecule has 0 bridgehead atoms. The Labute approximate surface area is 180 Å². The lowest BCUT2D eigenvalue weighted by atomic mass is 10.1. The second-order valence-electron chi connectivity index (χ2n) is 7.26. The fourth-order valence-corrected chi connectivity index (χ4v) is 3.53. The molecule has 2 fully saturated rings. The van der Waals surface area contributed by atoms with E-state index in [2.05, 4.69) is 0 Å². The average molecular weight is 421 g/mol. The first-order valence-electron chi connectivity index (χ1n) is 10.2. The average Bonchev–Trinajstić information content (AvgIpc) is 3.31. The van der Waals surface area contributed by atoms with Gasteiger partial charge < -0.3 is 23.7 Å². The lowest BCUT2D eigenvalue weighted by Crippen LogP contribution is -2.41. The first kappa shape index (κ1) is 20.8. The number of morpholine rings is 2. The highest BCUT2D eigenvalue weighted by Crippen LogP contribution is 2.24. The van der Waals surface area contributed by atoms with Crippen LogP contribution in [0.2, 0.25) is 0 Å². The topological polar surface area (TPSA) is 96.0 Å². The summed E-state index contributed by atoms with van der Waals surface area (Å²) < 4.78 is 16.4. The van der Waals surface area contributed by atoms with Gasteiger partial charge in [-0.3, -0.25) is 9.59 Å². The van der Waals surface area contributed by atoms with Crippen molar-refractivity contribution in [1.82, 2.24) is 9.80 Å². The second kappa shape index (κ2) is 9.60. The molecule has 8 heteroatoms. The molecule has 2 saturated heterocycles. The zero-order valence-corrected chi connectivity index (χ0v) is 17.1. The van der Waals surface area contributed by atoms with E-state index >= 15 is 0 Å². The zero-order valence-electron chi connectivity index (χ0n) is 17.1. The number of nitrogens with zero attached hydrogens (tertiary/aromatic N) is 3. The number of benzene rings is 1. The molecule has 0 aliphatic carbocycles. The van der Waals surface area contributed by atoms with Gasteiger partial charge in [-0.2, -0.15) is 5.26 Å². The highest BCUT2D eigenvalue weighted by atomic mass is 16.5. The van der Waals surface area contributed by atoms with E-state index in [1.807, 2.05) is 18.2 Å². The predicted molar refractivity (Wildman–Crippen MR) is 112 cm³/mol. The molecule has 2 amide bonds. The molecule has 0 radical (unpaired) electrons. The van der Waals surface area contributed by atoms with Crippen molar-refractivity contribution < 1.29 is 23.5 Å². The quantitative estimate of drug-likeness (QED) is 0.555. The Morgan fingerprint density at radius 1 is 0.871 bits per heavy atom. The highest BCUT2D eigenvalue weighted by Gasteiger charge is 2.21. The number of furan rings is 1. The summed E-state index contributed by atoms with van der Waals surface area (Å²) in [7, 11) is 0. The summed E-state index contributed by atoms with van der Waals surface area (Å²) in [6.45, 7) is 4.19. The van der Waals surface area contributed by atoms with E-state index in [1.165, 1.54) is 6.08 Å². The summed E-state index contributed by atoms with van der Waals surface area (Å²) in [4.78, 5) is 28.5. The van der Waals surface area contributed by atoms with E-state index in [4.69, 9.17) is 13.9 Å². The zero-order chi connectivity index (χ0) is 21.6. The van der Waals surface area contributed by atoms with Crippen molar-refractivity contribution in [3.8, 4) is 17.4 Å². The van der Waals surface area contributed by atoms with E-state index < -0.39 is 0 Å². The molecular formula is C23H23N3O5. The number of hydrogen-bond donors (Lipinski definition) is 0. The Bertz CT molecular complexity index is 1010. The van der Waals surface area contributed by atoms with Gasteiger partial charge in [0.15, 0.2) is 0 Å². The molecule has 2 aliphatic heterocycles. The molecule has 31 heavy (non-hydrogen) atoms. The molecule has 4 rings (SSSR count). The largest absolute Gasteiger partial charge is 0.457 e. The van der Waals surface area contributed by atoms with Crippen LogP contribution in [0.5, 0.6) is 0 Å². The minimum Gasteiger partial charge on any atom is -0.457 e. The van der Waals surface area contributed by atoms with E-state index in [0.29, 0.717) is 69.7 Å². The van der Waals surface area contributed by atoms with Gasteiger partial charge in [-0.1, -0.05) is 12.1 Å². The van der Waals surface area contributed by atoms with Crippen LogP contribution in [-0.2, 0) is 14.3 Å². The monoisotopic (exact) mass is 421 g/mol. The number of rotatable bonds is 4. The Morgan fingerprint density at radius 2 is 1.48 bits per heavy atom. The Balaban J connectivity index is 1.46. The van der Waals surface area contributed by atoms with E-state index in [-0.39, 0.29) is 17.4 Å². The predicted octanol–water partition coefficient (Wildman–Crippen LogP) is 2.18. The van der Waals surface area contributed by atoms with E-state index in [1.54, 1.807) is 34.1 Å². The number of ether oxygens (including phenoxy) is 2. The van der Waals surface area contributed by atoms with Crippen molar-refractivity contribution in [3.63, 3.8) is 0 Å². The molecule has 2 aromatic rings. The van der Waals surface area contributed by atoms with Gasteiger partial charge in [0.2, 0.25) is 0 Å². The van der Waals surface area contributed by atoms with Crippen molar-refractivity contribution >= 4 is 17.9 Å². The Morgan fingerprint density at radius 3 is 2.10 bits per heavy atom. The van der Waals surface area contributed by atoms with Gasteiger partial charge in [-0.25, -0.2) is 0 Å². The Kier molecular flexibility index (Phi) is 6.46. The van der Waals surface area contributed by atoms with Crippen molar-refractivity contribution in [3.05, 3.63) is 53.3 Å². The second-order valence-corrected chi connectivity index (χ2v) is 7.26. The summed E-state index contributed by atoms with van der Waals surface area (Å²) in [5.74, 6) is 0.669. The third kappa shape index (κ3) is 4.85. The van der Waals surface area contributed by atoms with Crippen LogP contribution < -0.4 is 0 Å². The first-order valence-corrected chi connectivity index (χ1v) is 10.2. The van der Waals surface area contributed by atoms with Gasteiger partial charge in [0.05, 0.1) is 26.4 Å². The third-order valence-electron chi connectivity index (χ3n) is 5.28. The molecule has 0 saturated carbocycles. The molecule has 0 N–H and O–H groups in total. The lowest BCUT2D eigenvalue weighted by Gasteiger charge is -2.26. The molecule has 8 nitrogen and oxygen atoms in total. The fourth-order valence-electron chi connectivity index (χ4n) is 3.53. The molecule has 1 aromatic carbocycles. The van der Waals surface area contributed by atoms with Gasteiger partial charge in [-0.15, -0.1) is 0 Å². The first-order chi connectivity index (χ1) is 15.2. The van der Waals surface area contributed by atoms with Crippen molar-refractivity contribution in [2.75, 3.05) is 52.6 Å². The van der Waals surface area contributed by atoms with Crippen LogP contribution >= 0.6 is 0 Å². The van der Waals surface area contributed by atoms with Gasteiger partial charge in [-0.05, 0) is 24.3 Å². The molecular weight excluding hydrogens is 398 g/mol. The summed E-state index contributed by atoms with van der Waals surface area (Å²) in [6, 6.07) is 12.6. The maximum absolute atomic E-state index is 12.6. The van der Waals surface area contributed by atoms with Crippen molar-refractivity contribution in [2.45, 2.75) is 0 Å². The van der Waals surface area contributed by atoms with Crippen LogP contribution in [-0.4, -0.2) is 74.2 Å². The molecule has 3 heterocycles. The Hall–Kier alpha value is -3.41. The molecule has 0 atom stereocenters. The van der Waals surface area contributed by atoms with Gasteiger partial charge in [0.1, 0.15) is 23.2 Å². The summed E-state index contributed by atoms with van der Waals surface area (Å²) in [6.07, 6.45) is 1.46. The normalized spacial score (nSPS) is 17.3. The van der Waals surface area contributed by atoms with Crippen molar-refractivity contribution in [1.29, 1.82) is 5.26 Å². The van der Waals surface area contributed by atoms with Gasteiger partial charge >= 0.3 is 0 Å². The van der Waals surface area contributed by atoms with E-state index in [9.17, 15) is 14.9 Å². The maximum Gasteiger partial charge on any atom is 0.264 e. The SMILES string of the molecule is N#C/C(=C/c1ccc(-c2ccc(C(=O)N3CCOCC3)cc2)o1)C(=O)N1CCOCC1. The number of amides is 2. The van der Waals surface area contributed by atoms with Crippen molar-refractivity contribution in [2.24, 2.45) is 0 Å².